The van der Waals surface area contributed by atoms with Crippen molar-refractivity contribution < 1.29 is 48.5 Å². The van der Waals surface area contributed by atoms with Crippen molar-refractivity contribution in [2.75, 3.05) is 52.4 Å². The molecule has 7 rings (SSSR count). The van der Waals surface area contributed by atoms with Crippen LogP contribution in [0, 0.1) is 64.1 Å². The van der Waals surface area contributed by atoms with Crippen LogP contribution in [0.3, 0.4) is 0 Å². The molecule has 394 valence electrons. The number of likely N-dealkylation sites (tertiary alicyclic amines) is 2. The van der Waals surface area contributed by atoms with Crippen molar-refractivity contribution in [2.24, 2.45) is 23.7 Å². The Hall–Kier alpha value is -9.48. The molecule has 76 heavy (non-hydrogen) atoms. The maximum absolute atomic E-state index is 14.1. The number of nitrogens with one attached hydrogen (secondary N) is 4. The van der Waals surface area contributed by atoms with Crippen molar-refractivity contribution in [1.82, 2.24) is 31.1 Å². The lowest BCUT2D eigenvalue weighted by molar-refractivity contribution is -0.385. The second kappa shape index (κ2) is 25.0. The van der Waals surface area contributed by atoms with E-state index in [-0.39, 0.29) is 86.2 Å². The van der Waals surface area contributed by atoms with Gasteiger partial charge in [-0.05, 0) is 72.2 Å². The Bertz CT molecular complexity index is 2620. The predicted octanol–water partition coefficient (Wildman–Crippen LogP) is 4.13. The minimum atomic E-state index is -0.976. The number of non-ortho nitro benzene ring substituents is 4. The lowest BCUT2D eigenvalue weighted by Crippen LogP contribution is -2.42. The molecule has 4 atom stereocenters. The van der Waals surface area contributed by atoms with Crippen LogP contribution < -0.4 is 21.3 Å². The molecular weight excluding hydrogens is 989 g/mol. The fourth-order valence-corrected chi connectivity index (χ4v) is 9.10. The smallest absolute Gasteiger partial charge is 0.269 e. The molecule has 5 aromatic carbocycles. The number of hydrogen-bond donors (Lipinski definition) is 4. The predicted molar refractivity (Wildman–Crippen MR) is 271 cm³/mol. The molecule has 0 aliphatic carbocycles. The monoisotopic (exact) mass is 1040 g/mol. The molecular formula is C52H52N10O14. The molecule has 24 nitrogen and oxygen atoms in total. The number of amides is 6. The summed E-state index contributed by atoms with van der Waals surface area (Å²) in [5.74, 6) is -6.93. The Morgan fingerprint density at radius 2 is 0.553 bits per heavy atom. The zero-order chi connectivity index (χ0) is 54.5. The van der Waals surface area contributed by atoms with Gasteiger partial charge in [-0.2, -0.15) is 0 Å². The Labute approximate surface area is 433 Å². The summed E-state index contributed by atoms with van der Waals surface area (Å²) in [7, 11) is 0. The summed E-state index contributed by atoms with van der Waals surface area (Å²) in [6, 6.07) is 29.1. The van der Waals surface area contributed by atoms with E-state index in [4.69, 9.17) is 0 Å². The zero-order valence-corrected chi connectivity index (χ0v) is 40.7. The standard InChI is InChI=1S/C52H52N10O14/c63-47(53-25-21-33-1-13-39(14-2-33)59(69)70)43-29-57(30-44(43)48(64)54-26-22-34-3-15-40(16-4-34)60(71)72)51(67)37-9-11-38(12-10-37)52(68)58-31-45(49(65)55-27-23-35-5-17-41(18-6-35)61(73)74)46(32-58)50(66)56-28-24-36-7-19-42(20-8-36)62(75)76/h1-20,43-46H,21-32H2,(H,53,63)(H,54,64)(H,55,65)(H,56,66)/t43-,44-,45-,46-/m0/s1. The van der Waals surface area contributed by atoms with Gasteiger partial charge < -0.3 is 31.1 Å². The molecule has 2 aliphatic rings. The molecule has 5 aromatic rings. The average molecular weight is 1040 g/mol. The minimum Gasteiger partial charge on any atom is -0.355 e. The van der Waals surface area contributed by atoms with E-state index in [1.807, 2.05) is 0 Å². The van der Waals surface area contributed by atoms with Gasteiger partial charge in [-0.25, -0.2) is 0 Å². The van der Waals surface area contributed by atoms with Crippen molar-refractivity contribution in [2.45, 2.75) is 25.7 Å². The van der Waals surface area contributed by atoms with E-state index in [1.54, 1.807) is 48.5 Å². The Morgan fingerprint density at radius 3 is 0.737 bits per heavy atom. The molecule has 0 spiro atoms. The van der Waals surface area contributed by atoms with Gasteiger partial charge in [0.1, 0.15) is 0 Å². The number of hydrogen-bond acceptors (Lipinski definition) is 14. The quantitative estimate of drug-likeness (QED) is 0.0560. The molecule has 2 aliphatic heterocycles. The minimum absolute atomic E-state index is 0.0853. The molecule has 0 unspecified atom stereocenters. The van der Waals surface area contributed by atoms with Crippen LogP contribution in [0.5, 0.6) is 0 Å². The number of carbonyl (C=O) groups is 6. The fourth-order valence-electron chi connectivity index (χ4n) is 9.10. The highest BCUT2D eigenvalue weighted by Crippen LogP contribution is 2.29. The van der Waals surface area contributed by atoms with E-state index in [0.717, 1.165) is 22.3 Å². The summed E-state index contributed by atoms with van der Waals surface area (Å²) < 4.78 is 0. The van der Waals surface area contributed by atoms with Crippen molar-refractivity contribution in [1.29, 1.82) is 0 Å². The first-order valence-corrected chi connectivity index (χ1v) is 24.2. The van der Waals surface area contributed by atoms with Crippen LogP contribution in [0.15, 0.2) is 121 Å². The van der Waals surface area contributed by atoms with Gasteiger partial charge in [-0.3, -0.25) is 69.2 Å². The van der Waals surface area contributed by atoms with E-state index in [1.165, 1.54) is 82.6 Å². The molecule has 24 heteroatoms. The van der Waals surface area contributed by atoms with E-state index in [9.17, 15) is 69.2 Å². The van der Waals surface area contributed by atoms with Crippen LogP contribution in [-0.4, -0.2) is 117 Å². The third kappa shape index (κ3) is 14.0. The molecule has 0 bridgehead atoms. The van der Waals surface area contributed by atoms with Crippen molar-refractivity contribution in [3.8, 4) is 0 Å². The summed E-state index contributed by atoms with van der Waals surface area (Å²) in [6.45, 7) is -0.00305. The number of rotatable bonds is 22. The fraction of sp³-hybridized carbons (Fsp3) is 0.308. The van der Waals surface area contributed by atoms with Crippen molar-refractivity contribution in [3.05, 3.63) is 195 Å². The van der Waals surface area contributed by atoms with Crippen molar-refractivity contribution >= 4 is 58.2 Å². The summed E-state index contributed by atoms with van der Waals surface area (Å²) in [5, 5.41) is 55.6. The second-order valence-electron chi connectivity index (χ2n) is 18.3. The third-order valence-corrected chi connectivity index (χ3v) is 13.4. The van der Waals surface area contributed by atoms with Gasteiger partial charge in [0.15, 0.2) is 0 Å². The second-order valence-corrected chi connectivity index (χ2v) is 18.3. The largest absolute Gasteiger partial charge is 0.355 e. The van der Waals surface area contributed by atoms with E-state index in [0.29, 0.717) is 25.7 Å². The molecule has 0 saturated carbocycles. The van der Waals surface area contributed by atoms with Gasteiger partial charge in [-0.15, -0.1) is 0 Å². The Morgan fingerprint density at radius 1 is 0.355 bits per heavy atom. The van der Waals surface area contributed by atoms with Gasteiger partial charge in [0, 0.05) is 112 Å². The van der Waals surface area contributed by atoms with Gasteiger partial charge in [0.05, 0.1) is 43.4 Å². The highest BCUT2D eigenvalue weighted by atomic mass is 16.6. The average Bonchev–Trinajstić information content (AvgIpc) is 4.08. The van der Waals surface area contributed by atoms with E-state index < -0.39 is 78.8 Å². The summed E-state index contributed by atoms with van der Waals surface area (Å²) in [6.07, 6.45) is 1.31. The summed E-state index contributed by atoms with van der Waals surface area (Å²) in [5.41, 5.74) is 2.83. The first kappa shape index (κ1) is 54.3. The van der Waals surface area contributed by atoms with Gasteiger partial charge in [0.2, 0.25) is 23.6 Å². The van der Waals surface area contributed by atoms with Crippen molar-refractivity contribution in [3.63, 3.8) is 0 Å². The van der Waals surface area contributed by atoms with Gasteiger partial charge >= 0.3 is 0 Å². The SMILES string of the molecule is O=C(NCCc1ccc([N+](=O)[O-])cc1)[C@H]1CN(C(=O)c2ccc(C(=O)N3C[C@H](C(=O)NCCc4ccc([N+](=O)[O-])cc4)[C@@H](C(=O)NCCc4ccc([N+](=O)[O-])cc4)C3)cc2)C[C@@H]1C(=O)NCCc1ccc([N+](=O)[O-])cc1. The molecule has 2 heterocycles. The number of nitrogens with zero attached hydrogens (tertiary/aromatic N) is 6. The summed E-state index contributed by atoms with van der Waals surface area (Å²) in [4.78, 5) is 128. The van der Waals surface area contributed by atoms with Crippen LogP contribution in [-0.2, 0) is 44.9 Å². The molecule has 2 fully saturated rings. The summed E-state index contributed by atoms with van der Waals surface area (Å²) >= 11 is 0. The van der Waals surface area contributed by atoms with Gasteiger partial charge in [0.25, 0.3) is 34.6 Å². The maximum Gasteiger partial charge on any atom is 0.269 e. The topological polar surface area (TPSA) is 330 Å². The normalized spacial score (nSPS) is 16.8. The number of nitro benzene ring substituents is 4. The highest BCUT2D eigenvalue weighted by Gasteiger charge is 2.45. The van der Waals surface area contributed by atoms with Crippen LogP contribution in [0.2, 0.25) is 0 Å². The molecule has 2 saturated heterocycles. The first-order valence-electron chi connectivity index (χ1n) is 24.2. The molecule has 0 aromatic heterocycles. The van der Waals surface area contributed by atoms with Crippen LogP contribution in [0.1, 0.15) is 43.0 Å². The van der Waals surface area contributed by atoms with Gasteiger partial charge in [-0.1, -0.05) is 48.5 Å². The number of nitro groups is 4. The molecule has 6 amide bonds. The Balaban J connectivity index is 1.00. The lowest BCUT2D eigenvalue weighted by atomic mass is 9.94. The lowest BCUT2D eigenvalue weighted by Gasteiger charge is -2.18. The molecule has 0 radical (unpaired) electrons. The van der Waals surface area contributed by atoms with E-state index >= 15 is 0 Å². The first-order chi connectivity index (χ1) is 36.4. The zero-order valence-electron chi connectivity index (χ0n) is 40.7. The molecule has 4 N–H and O–H groups in total. The van der Waals surface area contributed by atoms with Crippen LogP contribution in [0.25, 0.3) is 0 Å². The highest BCUT2D eigenvalue weighted by molar-refractivity contribution is 6.00. The number of benzene rings is 5. The van der Waals surface area contributed by atoms with Crippen LogP contribution >= 0.6 is 0 Å². The van der Waals surface area contributed by atoms with E-state index in [2.05, 4.69) is 21.3 Å². The Kier molecular flexibility index (Phi) is 17.8. The number of carbonyl (C=O) groups excluding carboxylic acids is 6. The maximum atomic E-state index is 14.1. The third-order valence-electron chi connectivity index (χ3n) is 13.4. The van der Waals surface area contributed by atoms with Crippen LogP contribution in [0.4, 0.5) is 22.7 Å².